The van der Waals surface area contributed by atoms with E-state index in [1.165, 1.54) is 49.6 Å². The lowest BCUT2D eigenvalue weighted by molar-refractivity contribution is 0.669. The second-order valence-electron chi connectivity index (χ2n) is 16.1. The van der Waals surface area contributed by atoms with E-state index in [4.69, 9.17) is 4.42 Å². The van der Waals surface area contributed by atoms with E-state index in [9.17, 15) is 0 Å². The number of para-hydroxylation sites is 3. The van der Waals surface area contributed by atoms with Crippen molar-refractivity contribution in [1.29, 1.82) is 0 Å². The molecule has 10 aromatic carbocycles. The number of rotatable bonds is 8. The molecule has 3 nitrogen and oxygen atoms in total. The minimum atomic E-state index is 0.875. The maximum absolute atomic E-state index is 6.30. The molecule has 0 amide bonds. The van der Waals surface area contributed by atoms with Crippen LogP contribution in [0.2, 0.25) is 0 Å². The van der Waals surface area contributed by atoms with Crippen LogP contribution in [0.25, 0.3) is 93.9 Å². The molecule has 63 heavy (non-hydrogen) atoms. The molecule has 296 valence electrons. The normalized spacial score (nSPS) is 11.5. The number of aromatic nitrogens is 1. The molecule has 2 heterocycles. The summed E-state index contributed by atoms with van der Waals surface area (Å²) in [5, 5.41) is 4.71. The molecule has 0 fully saturated rings. The first-order valence-corrected chi connectivity index (χ1v) is 21.5. The fourth-order valence-corrected chi connectivity index (χ4v) is 9.43. The van der Waals surface area contributed by atoms with Crippen molar-refractivity contribution < 1.29 is 4.42 Å². The van der Waals surface area contributed by atoms with Crippen molar-refractivity contribution in [3.8, 4) is 50.2 Å². The van der Waals surface area contributed by atoms with Gasteiger partial charge in [-0.2, -0.15) is 0 Å². The molecule has 0 aliphatic carbocycles. The topological polar surface area (TPSA) is 21.3 Å². The second kappa shape index (κ2) is 15.3. The van der Waals surface area contributed by atoms with E-state index < -0.39 is 0 Å². The SMILES string of the molecule is c1ccc(-c2ccc(N(c3ccc(-c4ccc(-c5cccc6c5c5ccccc5n6-c5ccccc5)cc4)cc3)c3ccc4oc5ccccc5c4c3)c(-c3ccccc3)c2)cc1. The zero-order chi connectivity index (χ0) is 41.7. The van der Waals surface area contributed by atoms with Crippen LogP contribution >= 0.6 is 0 Å². The van der Waals surface area contributed by atoms with Crippen LogP contribution in [0, 0.1) is 0 Å². The number of fused-ring (bicyclic) bond motifs is 6. The Bertz CT molecular complexity index is 3590. The fourth-order valence-electron chi connectivity index (χ4n) is 9.43. The highest BCUT2D eigenvalue weighted by Gasteiger charge is 2.21. The molecule has 0 saturated heterocycles. The van der Waals surface area contributed by atoms with Gasteiger partial charge in [0.2, 0.25) is 0 Å². The van der Waals surface area contributed by atoms with E-state index in [1.54, 1.807) is 0 Å². The van der Waals surface area contributed by atoms with Gasteiger partial charge < -0.3 is 13.9 Å². The molecule has 0 unspecified atom stereocenters. The number of furan rings is 1. The van der Waals surface area contributed by atoms with Gasteiger partial charge in [-0.05, 0) is 112 Å². The Kier molecular flexibility index (Phi) is 8.83. The van der Waals surface area contributed by atoms with Crippen molar-refractivity contribution in [1.82, 2.24) is 4.57 Å². The lowest BCUT2D eigenvalue weighted by Crippen LogP contribution is -2.11. The lowest BCUT2D eigenvalue weighted by Gasteiger charge is -2.28. The standard InChI is InChI=1S/C60H40N2O/c1-4-15-41(16-5-1)46-33-37-56(53(39-46)44-17-6-2-7-18-44)61(49-36-38-59-54(40-49)51-21-11-13-26-58(51)63-59)48-34-31-43(32-35-48)42-27-29-45(30-28-42)50-23-14-25-57-60(50)52-22-10-12-24-55(52)62(57)47-19-8-3-9-20-47/h1-40H. The number of benzene rings is 10. The molecule has 0 aliphatic rings. The monoisotopic (exact) mass is 804 g/mol. The highest BCUT2D eigenvalue weighted by Crippen LogP contribution is 2.45. The Labute approximate surface area is 366 Å². The first kappa shape index (κ1) is 36.5. The van der Waals surface area contributed by atoms with Crippen LogP contribution in [0.3, 0.4) is 0 Å². The Balaban J connectivity index is 0.959. The smallest absolute Gasteiger partial charge is 0.135 e. The van der Waals surface area contributed by atoms with Crippen LogP contribution in [0.4, 0.5) is 17.1 Å². The van der Waals surface area contributed by atoms with Crippen molar-refractivity contribution in [2.75, 3.05) is 4.90 Å². The second-order valence-corrected chi connectivity index (χ2v) is 16.1. The summed E-state index contributed by atoms with van der Waals surface area (Å²) < 4.78 is 8.68. The van der Waals surface area contributed by atoms with Crippen LogP contribution in [0.15, 0.2) is 247 Å². The maximum atomic E-state index is 6.30. The highest BCUT2D eigenvalue weighted by atomic mass is 16.3. The molecule has 3 heteroatoms. The van der Waals surface area contributed by atoms with Crippen molar-refractivity contribution in [3.05, 3.63) is 243 Å². The average Bonchev–Trinajstić information content (AvgIpc) is 3.91. The van der Waals surface area contributed by atoms with Gasteiger partial charge in [-0.15, -0.1) is 0 Å². The average molecular weight is 805 g/mol. The molecule has 0 N–H and O–H groups in total. The molecule has 0 bridgehead atoms. The maximum Gasteiger partial charge on any atom is 0.135 e. The lowest BCUT2D eigenvalue weighted by atomic mass is 9.95. The fraction of sp³-hybridized carbons (Fsp3) is 0. The number of nitrogens with zero attached hydrogens (tertiary/aromatic N) is 2. The van der Waals surface area contributed by atoms with Crippen LogP contribution in [0.1, 0.15) is 0 Å². The van der Waals surface area contributed by atoms with Gasteiger partial charge in [-0.1, -0.05) is 170 Å². The molecule has 12 rings (SSSR count). The van der Waals surface area contributed by atoms with Crippen LogP contribution in [-0.2, 0) is 0 Å². The van der Waals surface area contributed by atoms with Crippen LogP contribution in [0.5, 0.6) is 0 Å². The van der Waals surface area contributed by atoms with Gasteiger partial charge in [0, 0.05) is 44.2 Å². The van der Waals surface area contributed by atoms with Crippen molar-refractivity contribution >= 4 is 60.8 Å². The molecular weight excluding hydrogens is 765 g/mol. The molecule has 0 saturated carbocycles. The van der Waals surface area contributed by atoms with Crippen molar-refractivity contribution in [2.24, 2.45) is 0 Å². The van der Waals surface area contributed by atoms with Gasteiger partial charge in [0.25, 0.3) is 0 Å². The third-order valence-corrected chi connectivity index (χ3v) is 12.4. The number of anilines is 3. The molecule has 2 aromatic heterocycles. The van der Waals surface area contributed by atoms with Gasteiger partial charge >= 0.3 is 0 Å². The van der Waals surface area contributed by atoms with E-state index in [1.807, 2.05) is 12.1 Å². The zero-order valence-electron chi connectivity index (χ0n) is 34.4. The van der Waals surface area contributed by atoms with Crippen molar-refractivity contribution in [2.45, 2.75) is 0 Å². The third-order valence-electron chi connectivity index (χ3n) is 12.4. The zero-order valence-corrected chi connectivity index (χ0v) is 34.4. The number of hydrogen-bond acceptors (Lipinski definition) is 2. The molecular formula is C60H40N2O. The summed E-state index contributed by atoms with van der Waals surface area (Å²) in [6, 6.07) is 87.1. The summed E-state index contributed by atoms with van der Waals surface area (Å²) in [4.78, 5) is 2.39. The van der Waals surface area contributed by atoms with Crippen LogP contribution < -0.4 is 4.90 Å². The summed E-state index contributed by atoms with van der Waals surface area (Å²) >= 11 is 0. The Morgan fingerprint density at radius 3 is 1.62 bits per heavy atom. The predicted molar refractivity (Wildman–Crippen MR) is 264 cm³/mol. The predicted octanol–water partition coefficient (Wildman–Crippen LogP) is 16.8. The van der Waals surface area contributed by atoms with Crippen LogP contribution in [-0.4, -0.2) is 4.57 Å². The van der Waals surface area contributed by atoms with Crippen molar-refractivity contribution in [3.63, 3.8) is 0 Å². The van der Waals surface area contributed by atoms with E-state index in [-0.39, 0.29) is 0 Å². The van der Waals surface area contributed by atoms with E-state index in [0.717, 1.165) is 61.4 Å². The van der Waals surface area contributed by atoms with Gasteiger partial charge in [0.1, 0.15) is 11.2 Å². The first-order chi connectivity index (χ1) is 31.2. The Morgan fingerprint density at radius 2 is 0.857 bits per heavy atom. The quantitative estimate of drug-likeness (QED) is 0.153. The number of hydrogen-bond donors (Lipinski definition) is 0. The molecule has 12 aromatic rings. The van der Waals surface area contributed by atoms with Gasteiger partial charge in [-0.25, -0.2) is 0 Å². The van der Waals surface area contributed by atoms with Gasteiger partial charge in [-0.3, -0.25) is 0 Å². The third kappa shape index (κ3) is 6.38. The van der Waals surface area contributed by atoms with E-state index in [2.05, 4.69) is 240 Å². The molecule has 0 aliphatic heterocycles. The minimum absolute atomic E-state index is 0.875. The molecule has 0 atom stereocenters. The first-order valence-electron chi connectivity index (χ1n) is 21.5. The van der Waals surface area contributed by atoms with Gasteiger partial charge in [0.05, 0.1) is 16.7 Å². The molecule has 0 spiro atoms. The highest BCUT2D eigenvalue weighted by molar-refractivity contribution is 6.16. The minimum Gasteiger partial charge on any atom is -0.456 e. The summed E-state index contributed by atoms with van der Waals surface area (Å²) in [5.41, 5.74) is 17.9. The largest absolute Gasteiger partial charge is 0.456 e. The van der Waals surface area contributed by atoms with E-state index in [0.29, 0.717) is 0 Å². The Hall–Kier alpha value is -8.40. The summed E-state index contributed by atoms with van der Waals surface area (Å²) in [5.74, 6) is 0. The van der Waals surface area contributed by atoms with E-state index >= 15 is 0 Å². The Morgan fingerprint density at radius 1 is 0.317 bits per heavy atom. The molecule has 0 radical (unpaired) electrons. The van der Waals surface area contributed by atoms with Gasteiger partial charge in [0.15, 0.2) is 0 Å². The summed E-state index contributed by atoms with van der Waals surface area (Å²) in [7, 11) is 0. The summed E-state index contributed by atoms with van der Waals surface area (Å²) in [6.07, 6.45) is 0. The summed E-state index contributed by atoms with van der Waals surface area (Å²) in [6.45, 7) is 0.